The fourth-order valence-electron chi connectivity index (χ4n) is 1.94. The van der Waals surface area contributed by atoms with E-state index in [-0.39, 0.29) is 19.1 Å². The lowest BCUT2D eigenvalue weighted by Crippen LogP contribution is -2.55. The van der Waals surface area contributed by atoms with Crippen molar-refractivity contribution in [3.63, 3.8) is 0 Å². The Kier molecular flexibility index (Phi) is 2.82. The van der Waals surface area contributed by atoms with Crippen molar-refractivity contribution >= 4 is 6.03 Å². The van der Waals surface area contributed by atoms with Gasteiger partial charge < -0.3 is 15.3 Å². The average molecular weight is 216 g/mol. The van der Waals surface area contributed by atoms with Gasteiger partial charge >= 0.3 is 6.03 Å². The number of carbonyl (C=O) groups is 1. The van der Waals surface area contributed by atoms with Crippen LogP contribution in [0.15, 0.2) is 0 Å². The van der Waals surface area contributed by atoms with Gasteiger partial charge in [-0.1, -0.05) is 0 Å². The molecule has 4 nitrogen and oxygen atoms in total. The van der Waals surface area contributed by atoms with Crippen LogP contribution in [0.4, 0.5) is 9.18 Å². The number of hydrogen-bond donors (Lipinski definition) is 2. The van der Waals surface area contributed by atoms with Gasteiger partial charge in [-0.15, -0.1) is 0 Å². The molecule has 2 amide bonds. The molecule has 0 spiro atoms. The summed E-state index contributed by atoms with van der Waals surface area (Å²) in [7, 11) is 0. The predicted molar refractivity (Wildman–Crippen MR) is 53.3 cm³/mol. The molecular formula is C10H17FN2O2. The fourth-order valence-corrected chi connectivity index (χ4v) is 1.94. The first-order valence-corrected chi connectivity index (χ1v) is 5.48. The Labute approximate surface area is 88.4 Å². The number of halogens is 1. The highest BCUT2D eigenvalue weighted by Gasteiger charge is 2.34. The van der Waals surface area contributed by atoms with Crippen molar-refractivity contribution in [2.75, 3.05) is 19.6 Å². The van der Waals surface area contributed by atoms with Crippen LogP contribution in [-0.2, 0) is 0 Å². The second kappa shape index (κ2) is 3.96. The minimum Gasteiger partial charge on any atom is -0.390 e. The lowest BCUT2D eigenvalue weighted by molar-refractivity contribution is -0.0392. The summed E-state index contributed by atoms with van der Waals surface area (Å²) in [5.74, 6) is 0. The molecule has 5 heteroatoms. The van der Waals surface area contributed by atoms with Gasteiger partial charge in [0, 0.05) is 6.54 Å². The SMILES string of the molecule is O=C(NCCC1(O)CCC1)N1CC(F)C1. The molecule has 0 unspecified atom stereocenters. The number of nitrogens with zero attached hydrogens (tertiary/aromatic N) is 1. The molecule has 15 heavy (non-hydrogen) atoms. The Morgan fingerprint density at radius 1 is 1.53 bits per heavy atom. The molecule has 2 aliphatic rings. The molecule has 2 fully saturated rings. The van der Waals surface area contributed by atoms with E-state index in [0.717, 1.165) is 19.3 Å². The van der Waals surface area contributed by atoms with Gasteiger partial charge in [0.1, 0.15) is 6.17 Å². The van der Waals surface area contributed by atoms with Crippen molar-refractivity contribution in [3.8, 4) is 0 Å². The third-order valence-electron chi connectivity index (χ3n) is 3.28. The molecule has 0 aromatic carbocycles. The van der Waals surface area contributed by atoms with E-state index in [0.29, 0.717) is 13.0 Å². The maximum atomic E-state index is 12.4. The van der Waals surface area contributed by atoms with Crippen LogP contribution >= 0.6 is 0 Å². The van der Waals surface area contributed by atoms with Crippen LogP contribution in [0.3, 0.4) is 0 Å². The quantitative estimate of drug-likeness (QED) is 0.728. The first kappa shape index (κ1) is 10.7. The normalized spacial score (nSPS) is 24.3. The molecule has 0 aromatic heterocycles. The predicted octanol–water partition coefficient (Wildman–Crippen LogP) is 0.655. The standard InChI is InChI=1S/C10H17FN2O2/c11-8-6-13(7-8)9(14)12-5-4-10(15)2-1-3-10/h8,15H,1-7H2,(H,12,14). The van der Waals surface area contributed by atoms with Crippen molar-refractivity contribution in [1.29, 1.82) is 0 Å². The molecule has 0 radical (unpaired) electrons. The Bertz CT molecular complexity index is 250. The number of nitrogens with one attached hydrogen (secondary N) is 1. The second-order valence-electron chi connectivity index (χ2n) is 4.56. The highest BCUT2D eigenvalue weighted by molar-refractivity contribution is 5.75. The van der Waals surface area contributed by atoms with E-state index in [1.807, 2.05) is 0 Å². The molecule has 2 N–H and O–H groups in total. The fraction of sp³-hybridized carbons (Fsp3) is 0.900. The van der Waals surface area contributed by atoms with Crippen LogP contribution in [0.5, 0.6) is 0 Å². The van der Waals surface area contributed by atoms with Crippen molar-refractivity contribution in [2.24, 2.45) is 0 Å². The number of carbonyl (C=O) groups excluding carboxylic acids is 1. The summed E-state index contributed by atoms with van der Waals surface area (Å²) in [6, 6.07) is -0.216. The van der Waals surface area contributed by atoms with Gasteiger partial charge in [-0.05, 0) is 25.7 Å². The molecule has 1 aliphatic heterocycles. The van der Waals surface area contributed by atoms with Crippen molar-refractivity contribution in [1.82, 2.24) is 10.2 Å². The van der Waals surface area contributed by atoms with Gasteiger partial charge in [-0.2, -0.15) is 0 Å². The molecule has 1 aliphatic carbocycles. The molecule has 1 saturated carbocycles. The summed E-state index contributed by atoms with van der Waals surface area (Å²) in [4.78, 5) is 12.8. The van der Waals surface area contributed by atoms with E-state index in [4.69, 9.17) is 0 Å². The molecule has 2 rings (SSSR count). The molecule has 0 atom stereocenters. The third kappa shape index (κ3) is 2.40. The molecule has 0 aromatic rings. The molecule has 86 valence electrons. The lowest BCUT2D eigenvalue weighted by Gasteiger charge is -2.37. The summed E-state index contributed by atoms with van der Waals surface area (Å²) in [5.41, 5.74) is -0.551. The van der Waals surface area contributed by atoms with Gasteiger partial charge in [0.05, 0.1) is 18.7 Å². The first-order valence-electron chi connectivity index (χ1n) is 5.48. The van der Waals surface area contributed by atoms with E-state index in [1.165, 1.54) is 4.90 Å². The zero-order valence-corrected chi connectivity index (χ0v) is 8.71. The number of aliphatic hydroxyl groups is 1. The number of amides is 2. The van der Waals surface area contributed by atoms with Crippen molar-refractivity contribution in [2.45, 2.75) is 37.5 Å². The van der Waals surface area contributed by atoms with Crippen LogP contribution in [0, 0.1) is 0 Å². The van der Waals surface area contributed by atoms with Crippen molar-refractivity contribution in [3.05, 3.63) is 0 Å². The van der Waals surface area contributed by atoms with Gasteiger partial charge in [-0.25, -0.2) is 9.18 Å². The first-order chi connectivity index (χ1) is 7.09. The Morgan fingerprint density at radius 3 is 2.67 bits per heavy atom. The Morgan fingerprint density at radius 2 is 2.20 bits per heavy atom. The zero-order valence-electron chi connectivity index (χ0n) is 8.71. The van der Waals surface area contributed by atoms with Gasteiger partial charge in [-0.3, -0.25) is 0 Å². The topological polar surface area (TPSA) is 52.6 Å². The third-order valence-corrected chi connectivity index (χ3v) is 3.28. The Hall–Kier alpha value is -0.840. The van der Waals surface area contributed by atoms with Gasteiger partial charge in [0.2, 0.25) is 0 Å². The summed E-state index contributed by atoms with van der Waals surface area (Å²) < 4.78 is 12.4. The van der Waals surface area contributed by atoms with E-state index >= 15 is 0 Å². The second-order valence-corrected chi connectivity index (χ2v) is 4.56. The number of hydrogen-bond acceptors (Lipinski definition) is 2. The summed E-state index contributed by atoms with van der Waals surface area (Å²) in [5, 5.41) is 12.4. The van der Waals surface area contributed by atoms with E-state index in [9.17, 15) is 14.3 Å². The average Bonchev–Trinajstić information content (AvgIpc) is 2.10. The van der Waals surface area contributed by atoms with Crippen LogP contribution in [0.1, 0.15) is 25.7 Å². The highest BCUT2D eigenvalue weighted by atomic mass is 19.1. The maximum Gasteiger partial charge on any atom is 0.317 e. The van der Waals surface area contributed by atoms with Crippen LogP contribution in [0.25, 0.3) is 0 Å². The highest BCUT2D eigenvalue weighted by Crippen LogP contribution is 2.34. The molecule has 1 heterocycles. The number of rotatable bonds is 3. The summed E-state index contributed by atoms with van der Waals surface area (Å²) >= 11 is 0. The largest absolute Gasteiger partial charge is 0.390 e. The molecular weight excluding hydrogens is 199 g/mol. The smallest absolute Gasteiger partial charge is 0.317 e. The van der Waals surface area contributed by atoms with Crippen LogP contribution in [-0.4, -0.2) is 47.4 Å². The zero-order chi connectivity index (χ0) is 10.9. The maximum absolute atomic E-state index is 12.4. The van der Waals surface area contributed by atoms with E-state index in [2.05, 4.69) is 5.32 Å². The van der Waals surface area contributed by atoms with E-state index < -0.39 is 11.8 Å². The minimum atomic E-state index is -0.855. The molecule has 0 bridgehead atoms. The monoisotopic (exact) mass is 216 g/mol. The van der Waals surface area contributed by atoms with Crippen LogP contribution in [0.2, 0.25) is 0 Å². The number of alkyl halides is 1. The van der Waals surface area contributed by atoms with E-state index in [1.54, 1.807) is 0 Å². The van der Waals surface area contributed by atoms with Gasteiger partial charge in [0.25, 0.3) is 0 Å². The minimum absolute atomic E-state index is 0.204. The lowest BCUT2D eigenvalue weighted by atomic mass is 9.78. The number of likely N-dealkylation sites (tertiary alicyclic amines) is 1. The van der Waals surface area contributed by atoms with Gasteiger partial charge in [0.15, 0.2) is 0 Å². The molecule has 1 saturated heterocycles. The number of urea groups is 1. The van der Waals surface area contributed by atoms with Crippen LogP contribution < -0.4 is 5.32 Å². The summed E-state index contributed by atoms with van der Waals surface area (Å²) in [6.45, 7) is 0.884. The Balaban J connectivity index is 1.59. The summed E-state index contributed by atoms with van der Waals surface area (Å²) in [6.07, 6.45) is 2.48. The van der Waals surface area contributed by atoms with Crippen molar-refractivity contribution < 1.29 is 14.3 Å².